The lowest BCUT2D eigenvalue weighted by Crippen LogP contribution is -2.18. The summed E-state index contributed by atoms with van der Waals surface area (Å²) in [6.45, 7) is 5.74. The number of hydrogen-bond donors (Lipinski definition) is 3. The molecule has 192 valence electrons. The zero-order valence-corrected chi connectivity index (χ0v) is 22.5. The summed E-state index contributed by atoms with van der Waals surface area (Å²) in [5.74, 6) is 5.97. The number of phenols is 2. The molecule has 2 heterocycles. The summed E-state index contributed by atoms with van der Waals surface area (Å²) < 4.78 is 0. The third kappa shape index (κ3) is 7.84. The molecular formula is C30H33ClN4O2. The van der Waals surface area contributed by atoms with Gasteiger partial charge < -0.3 is 15.5 Å². The van der Waals surface area contributed by atoms with E-state index in [-0.39, 0.29) is 11.5 Å². The number of halogens is 1. The number of aromatic nitrogens is 2. The molecule has 0 amide bonds. The second-order valence-electron chi connectivity index (χ2n) is 8.45. The number of nitrogens with zero attached hydrogens (tertiary/aromatic N) is 3. The van der Waals surface area contributed by atoms with Crippen LogP contribution in [0.3, 0.4) is 0 Å². The minimum absolute atomic E-state index is 0.245. The Morgan fingerprint density at radius 3 is 1.86 bits per heavy atom. The van der Waals surface area contributed by atoms with Crippen LogP contribution >= 0.6 is 11.6 Å². The van der Waals surface area contributed by atoms with Crippen molar-refractivity contribution in [1.29, 1.82) is 0 Å². The minimum atomic E-state index is 0.245. The van der Waals surface area contributed by atoms with Crippen LogP contribution in [0.5, 0.6) is 11.5 Å². The van der Waals surface area contributed by atoms with E-state index >= 15 is 0 Å². The van der Waals surface area contributed by atoms with Gasteiger partial charge >= 0.3 is 0 Å². The average Bonchev–Trinajstić information content (AvgIpc) is 2.90. The summed E-state index contributed by atoms with van der Waals surface area (Å²) >= 11 is 5.82. The van der Waals surface area contributed by atoms with Crippen molar-refractivity contribution in [3.8, 4) is 36.2 Å². The van der Waals surface area contributed by atoms with E-state index in [4.69, 9.17) is 24.4 Å². The molecule has 0 bridgehead atoms. The Morgan fingerprint density at radius 1 is 0.919 bits per heavy atom. The number of fused-ring (bicyclic) bond motifs is 2. The highest BCUT2D eigenvalue weighted by Crippen LogP contribution is 2.31. The Kier molecular flexibility index (Phi) is 11.7. The van der Waals surface area contributed by atoms with E-state index in [9.17, 15) is 10.2 Å². The average molecular weight is 517 g/mol. The van der Waals surface area contributed by atoms with Crippen LogP contribution < -0.4 is 5.32 Å². The van der Waals surface area contributed by atoms with Gasteiger partial charge in [-0.05, 0) is 62.3 Å². The molecule has 37 heavy (non-hydrogen) atoms. The molecule has 0 unspecified atom stereocenters. The lowest BCUT2D eigenvalue weighted by Gasteiger charge is -2.16. The Bertz CT molecular complexity index is 1420. The first-order valence-corrected chi connectivity index (χ1v) is 12.2. The molecule has 0 radical (unpaired) electrons. The smallest absolute Gasteiger partial charge is 0.144 e. The highest BCUT2D eigenvalue weighted by atomic mass is 35.5. The third-order valence-corrected chi connectivity index (χ3v) is 5.80. The lowest BCUT2D eigenvalue weighted by molar-refractivity contribution is 0.370. The van der Waals surface area contributed by atoms with Gasteiger partial charge in [-0.1, -0.05) is 36.1 Å². The third-order valence-electron chi connectivity index (χ3n) is 5.51. The number of rotatable bonds is 5. The first-order chi connectivity index (χ1) is 17.8. The molecule has 0 spiro atoms. The summed E-state index contributed by atoms with van der Waals surface area (Å²) in [7, 11) is 3.80. The van der Waals surface area contributed by atoms with Crippen LogP contribution in [0.15, 0.2) is 48.8 Å². The Morgan fingerprint density at radius 2 is 1.43 bits per heavy atom. The predicted octanol–water partition coefficient (Wildman–Crippen LogP) is 5.14. The monoisotopic (exact) mass is 516 g/mol. The molecule has 4 rings (SSSR count). The van der Waals surface area contributed by atoms with E-state index in [0.29, 0.717) is 30.0 Å². The second kappa shape index (κ2) is 14.7. The predicted molar refractivity (Wildman–Crippen MR) is 154 cm³/mol. The lowest BCUT2D eigenvalue weighted by atomic mass is 10.0. The van der Waals surface area contributed by atoms with Gasteiger partial charge in [0.25, 0.3) is 0 Å². The molecule has 0 aliphatic heterocycles. The van der Waals surface area contributed by atoms with E-state index in [2.05, 4.69) is 32.0 Å². The molecule has 3 N–H and O–H groups in total. The van der Waals surface area contributed by atoms with Gasteiger partial charge in [0, 0.05) is 35.6 Å². The van der Waals surface area contributed by atoms with Crippen molar-refractivity contribution in [2.75, 3.05) is 27.2 Å². The van der Waals surface area contributed by atoms with Crippen molar-refractivity contribution >= 4 is 33.4 Å². The first kappa shape index (κ1) is 29.4. The van der Waals surface area contributed by atoms with Crippen LogP contribution in [0.1, 0.15) is 22.3 Å². The number of aromatic hydroxyl groups is 2. The van der Waals surface area contributed by atoms with Crippen molar-refractivity contribution in [2.45, 2.75) is 26.3 Å². The van der Waals surface area contributed by atoms with Crippen LogP contribution in [0.4, 0.5) is 0 Å². The fourth-order valence-electron chi connectivity index (χ4n) is 3.74. The zero-order valence-electron chi connectivity index (χ0n) is 21.7. The van der Waals surface area contributed by atoms with Crippen LogP contribution in [0, 0.1) is 38.5 Å². The molecule has 4 aromatic rings. The molecule has 0 aliphatic rings. The number of benzene rings is 2. The molecule has 6 nitrogen and oxygen atoms in total. The number of phenolic OH excluding ortho intramolecular Hbond substituents is 2. The van der Waals surface area contributed by atoms with E-state index in [1.54, 1.807) is 12.4 Å². The number of alkyl halides is 1. The summed E-state index contributed by atoms with van der Waals surface area (Å²) in [6, 6.07) is 11.5. The SMILES string of the molecule is C#CCN(C)Cc1cc(C)c(O)c2ncccc12.C#CCNC.Cc1cc(CCl)c2cccnc2c1O. The van der Waals surface area contributed by atoms with Crippen LogP contribution in [-0.4, -0.2) is 52.3 Å². The van der Waals surface area contributed by atoms with Gasteiger partial charge in [-0.3, -0.25) is 14.9 Å². The first-order valence-electron chi connectivity index (χ1n) is 11.7. The maximum absolute atomic E-state index is 10.0. The van der Waals surface area contributed by atoms with Gasteiger partial charge in [0.15, 0.2) is 0 Å². The summed E-state index contributed by atoms with van der Waals surface area (Å²) in [4.78, 5) is 10.4. The van der Waals surface area contributed by atoms with Gasteiger partial charge in [-0.2, -0.15) is 0 Å². The quantitative estimate of drug-likeness (QED) is 0.252. The van der Waals surface area contributed by atoms with Gasteiger partial charge in [0.2, 0.25) is 0 Å². The van der Waals surface area contributed by atoms with Crippen LogP contribution in [0.25, 0.3) is 21.8 Å². The molecule has 0 aliphatic carbocycles. The standard InChI is InChI=1S/C15H16N2O.C11H10ClNO.C4H7N/c1-4-8-17(3)10-12-9-11(2)15(18)14-13(12)6-5-7-16-14;1-7-5-8(6-12)9-3-2-4-13-10(9)11(7)14;1-3-4-5-2/h1,5-7,9,18H,8,10H2,2-3H3;2-5,14H,6H2,1H3;1,5H,4H2,2H3. The molecule has 2 aromatic heterocycles. The normalized spacial score (nSPS) is 10.2. The molecular weight excluding hydrogens is 484 g/mol. The van der Waals surface area contributed by atoms with Crippen molar-refractivity contribution in [1.82, 2.24) is 20.2 Å². The number of nitrogens with one attached hydrogen (secondary N) is 1. The fraction of sp³-hybridized carbons (Fsp3) is 0.267. The van der Waals surface area contributed by atoms with Gasteiger partial charge in [-0.15, -0.1) is 24.4 Å². The summed E-state index contributed by atoms with van der Waals surface area (Å²) in [5, 5.41) is 24.5. The van der Waals surface area contributed by atoms with E-state index in [0.717, 1.165) is 39.6 Å². The van der Waals surface area contributed by atoms with Crippen molar-refractivity contribution in [2.24, 2.45) is 0 Å². The number of terminal acetylenes is 2. The van der Waals surface area contributed by atoms with E-state index in [1.807, 2.05) is 64.3 Å². The number of aryl methyl sites for hydroxylation is 2. The Hall–Kier alpha value is -3.81. The van der Waals surface area contributed by atoms with Crippen LogP contribution in [0.2, 0.25) is 0 Å². The maximum atomic E-state index is 10.0. The van der Waals surface area contributed by atoms with Gasteiger partial charge in [0.05, 0.1) is 13.1 Å². The molecule has 2 aromatic carbocycles. The Balaban J connectivity index is 0.000000225. The van der Waals surface area contributed by atoms with Crippen molar-refractivity contribution < 1.29 is 10.2 Å². The molecule has 0 saturated heterocycles. The van der Waals surface area contributed by atoms with Gasteiger partial charge in [0.1, 0.15) is 22.5 Å². The maximum Gasteiger partial charge on any atom is 0.144 e. The van der Waals surface area contributed by atoms with Crippen molar-refractivity contribution in [3.63, 3.8) is 0 Å². The van der Waals surface area contributed by atoms with Crippen LogP contribution in [-0.2, 0) is 12.4 Å². The number of pyridine rings is 2. The number of hydrogen-bond acceptors (Lipinski definition) is 6. The highest BCUT2D eigenvalue weighted by molar-refractivity contribution is 6.18. The van der Waals surface area contributed by atoms with Crippen molar-refractivity contribution in [3.05, 3.63) is 71.0 Å². The second-order valence-corrected chi connectivity index (χ2v) is 8.71. The van der Waals surface area contributed by atoms with E-state index in [1.165, 1.54) is 0 Å². The molecule has 0 saturated carbocycles. The summed E-state index contributed by atoms with van der Waals surface area (Å²) in [6.07, 6.45) is 13.5. The minimum Gasteiger partial charge on any atom is -0.505 e. The van der Waals surface area contributed by atoms with E-state index < -0.39 is 0 Å². The topological polar surface area (TPSA) is 81.5 Å². The summed E-state index contributed by atoms with van der Waals surface area (Å²) in [5.41, 5.74) is 5.07. The molecule has 0 fully saturated rings. The Labute approximate surface area is 224 Å². The molecule has 7 heteroatoms. The zero-order chi connectivity index (χ0) is 27.4. The highest BCUT2D eigenvalue weighted by Gasteiger charge is 2.11. The fourth-order valence-corrected chi connectivity index (χ4v) is 3.96. The van der Waals surface area contributed by atoms with Gasteiger partial charge in [-0.25, -0.2) is 0 Å². The largest absolute Gasteiger partial charge is 0.505 e. The molecule has 0 atom stereocenters.